The summed E-state index contributed by atoms with van der Waals surface area (Å²) in [4.78, 5) is 12.1. The summed E-state index contributed by atoms with van der Waals surface area (Å²) in [5.74, 6) is 1.86. The zero-order valence-corrected chi connectivity index (χ0v) is 17.2. The number of methoxy groups -OCH3 is 1. The van der Waals surface area contributed by atoms with Crippen LogP contribution in [0.1, 0.15) is 5.56 Å². The lowest BCUT2D eigenvalue weighted by atomic mass is 10.2. The standard InChI is InChI=1S/C18H16BrN3O2S2/c1-24-15-8-4-13(5-9-15)17-21-22-18(26-17)20-16(23)11-25-10-12-2-6-14(19)7-3-12/h2-9H,10-11H2,1H3,(H,20,22,23). The molecule has 5 nitrogen and oxygen atoms in total. The van der Waals surface area contributed by atoms with Crippen LogP contribution in [0.25, 0.3) is 10.6 Å². The second-order valence-electron chi connectivity index (χ2n) is 5.31. The average Bonchev–Trinajstić information content (AvgIpc) is 3.12. The number of hydrogen-bond donors (Lipinski definition) is 1. The van der Waals surface area contributed by atoms with Gasteiger partial charge in [0.25, 0.3) is 0 Å². The third-order valence-corrected chi connectivity index (χ3v) is 5.84. The van der Waals surface area contributed by atoms with Gasteiger partial charge in [-0.3, -0.25) is 10.1 Å². The highest BCUT2D eigenvalue weighted by Crippen LogP contribution is 2.27. The van der Waals surface area contributed by atoms with E-state index in [0.29, 0.717) is 10.9 Å². The summed E-state index contributed by atoms with van der Waals surface area (Å²) in [6, 6.07) is 15.6. The van der Waals surface area contributed by atoms with E-state index < -0.39 is 0 Å². The molecular weight excluding hydrogens is 434 g/mol. The number of ether oxygens (including phenoxy) is 1. The molecule has 26 heavy (non-hydrogen) atoms. The van der Waals surface area contributed by atoms with E-state index in [1.54, 1.807) is 18.9 Å². The summed E-state index contributed by atoms with van der Waals surface area (Å²) in [6.45, 7) is 0. The highest BCUT2D eigenvalue weighted by atomic mass is 79.9. The molecule has 1 N–H and O–H groups in total. The van der Waals surface area contributed by atoms with Crippen molar-refractivity contribution in [1.29, 1.82) is 0 Å². The van der Waals surface area contributed by atoms with Gasteiger partial charge in [0.15, 0.2) is 0 Å². The number of thioether (sulfide) groups is 1. The van der Waals surface area contributed by atoms with Crippen LogP contribution in [0.4, 0.5) is 5.13 Å². The summed E-state index contributed by atoms with van der Waals surface area (Å²) in [5, 5.41) is 12.2. The number of carbonyl (C=O) groups excluding carboxylic acids is 1. The molecule has 1 aromatic heterocycles. The second-order valence-corrected chi connectivity index (χ2v) is 8.19. The van der Waals surface area contributed by atoms with Crippen molar-refractivity contribution in [3.63, 3.8) is 0 Å². The first kappa shape index (κ1) is 18.9. The van der Waals surface area contributed by atoms with Crippen molar-refractivity contribution in [1.82, 2.24) is 10.2 Å². The van der Waals surface area contributed by atoms with Gasteiger partial charge in [-0.2, -0.15) is 0 Å². The topological polar surface area (TPSA) is 64.1 Å². The molecule has 0 radical (unpaired) electrons. The van der Waals surface area contributed by atoms with Crippen LogP contribution < -0.4 is 10.1 Å². The number of halogens is 1. The Labute approximate surface area is 168 Å². The molecule has 0 saturated carbocycles. The molecule has 0 aliphatic carbocycles. The highest BCUT2D eigenvalue weighted by Gasteiger charge is 2.10. The number of aromatic nitrogens is 2. The van der Waals surface area contributed by atoms with Crippen LogP contribution in [0.5, 0.6) is 5.75 Å². The van der Waals surface area contributed by atoms with Crippen molar-refractivity contribution >= 4 is 50.1 Å². The Morgan fingerprint density at radius 2 is 1.88 bits per heavy atom. The van der Waals surface area contributed by atoms with Crippen LogP contribution in [0.2, 0.25) is 0 Å². The Hall–Kier alpha value is -1.90. The molecule has 1 amide bonds. The van der Waals surface area contributed by atoms with Gasteiger partial charge in [0.1, 0.15) is 10.8 Å². The van der Waals surface area contributed by atoms with E-state index in [4.69, 9.17) is 4.74 Å². The lowest BCUT2D eigenvalue weighted by Crippen LogP contribution is -2.13. The quantitative estimate of drug-likeness (QED) is 0.558. The molecule has 0 aliphatic heterocycles. The normalized spacial score (nSPS) is 10.5. The first-order valence-electron chi connectivity index (χ1n) is 7.74. The number of rotatable bonds is 7. The number of carbonyl (C=O) groups is 1. The minimum atomic E-state index is -0.0791. The fourth-order valence-corrected chi connectivity index (χ4v) is 3.94. The van der Waals surface area contributed by atoms with Gasteiger partial charge >= 0.3 is 0 Å². The fourth-order valence-electron chi connectivity index (χ4n) is 2.12. The molecule has 0 saturated heterocycles. The first-order valence-corrected chi connectivity index (χ1v) is 10.5. The zero-order chi connectivity index (χ0) is 18.4. The molecule has 3 rings (SSSR count). The molecule has 2 aromatic carbocycles. The maximum Gasteiger partial charge on any atom is 0.236 e. The van der Waals surface area contributed by atoms with E-state index in [0.717, 1.165) is 26.5 Å². The monoisotopic (exact) mass is 449 g/mol. The van der Waals surface area contributed by atoms with Gasteiger partial charge in [-0.1, -0.05) is 39.4 Å². The molecule has 0 unspecified atom stereocenters. The van der Waals surface area contributed by atoms with Gasteiger partial charge in [-0.25, -0.2) is 0 Å². The summed E-state index contributed by atoms with van der Waals surface area (Å²) >= 11 is 6.32. The van der Waals surface area contributed by atoms with Crippen LogP contribution >= 0.6 is 39.0 Å². The third-order valence-electron chi connectivity index (χ3n) is 3.42. The van der Waals surface area contributed by atoms with Gasteiger partial charge in [-0.05, 0) is 42.0 Å². The van der Waals surface area contributed by atoms with Crippen molar-refractivity contribution in [2.24, 2.45) is 0 Å². The molecule has 0 aliphatic rings. The molecule has 8 heteroatoms. The largest absolute Gasteiger partial charge is 0.497 e. The Kier molecular flexibility index (Phi) is 6.65. The number of benzene rings is 2. The molecule has 3 aromatic rings. The minimum absolute atomic E-state index is 0.0791. The maximum absolute atomic E-state index is 12.1. The average molecular weight is 450 g/mol. The van der Waals surface area contributed by atoms with Gasteiger partial charge in [0, 0.05) is 15.8 Å². The van der Waals surface area contributed by atoms with Gasteiger partial charge in [0.05, 0.1) is 12.9 Å². The molecule has 0 bridgehead atoms. The molecule has 134 valence electrons. The van der Waals surface area contributed by atoms with E-state index in [2.05, 4.69) is 31.4 Å². The third kappa shape index (κ3) is 5.30. The molecule has 0 atom stereocenters. The summed E-state index contributed by atoms with van der Waals surface area (Å²) < 4.78 is 6.19. The Morgan fingerprint density at radius 3 is 2.58 bits per heavy atom. The number of amides is 1. The number of anilines is 1. The predicted octanol–water partition coefficient (Wildman–Crippen LogP) is 4.85. The van der Waals surface area contributed by atoms with E-state index >= 15 is 0 Å². The van der Waals surface area contributed by atoms with Crippen molar-refractivity contribution < 1.29 is 9.53 Å². The van der Waals surface area contributed by atoms with E-state index in [1.807, 2.05) is 48.5 Å². The van der Waals surface area contributed by atoms with Crippen molar-refractivity contribution in [3.05, 3.63) is 58.6 Å². The van der Waals surface area contributed by atoms with Crippen LogP contribution in [0, 0.1) is 0 Å². The highest BCUT2D eigenvalue weighted by molar-refractivity contribution is 9.10. The lowest BCUT2D eigenvalue weighted by Gasteiger charge is -2.02. The predicted molar refractivity (Wildman–Crippen MR) is 111 cm³/mol. The van der Waals surface area contributed by atoms with Gasteiger partial charge in [-0.15, -0.1) is 22.0 Å². The first-order chi connectivity index (χ1) is 12.6. The second kappa shape index (κ2) is 9.16. The van der Waals surface area contributed by atoms with Crippen molar-refractivity contribution in [2.75, 3.05) is 18.2 Å². The van der Waals surface area contributed by atoms with Crippen molar-refractivity contribution in [2.45, 2.75) is 5.75 Å². The molecule has 0 fully saturated rings. The molecule has 1 heterocycles. The lowest BCUT2D eigenvalue weighted by molar-refractivity contribution is -0.113. The number of nitrogens with one attached hydrogen (secondary N) is 1. The van der Waals surface area contributed by atoms with Crippen molar-refractivity contribution in [3.8, 4) is 16.3 Å². The van der Waals surface area contributed by atoms with Crippen LogP contribution in [0.15, 0.2) is 53.0 Å². The maximum atomic E-state index is 12.1. The van der Waals surface area contributed by atoms with E-state index in [9.17, 15) is 4.79 Å². The fraction of sp³-hybridized carbons (Fsp3) is 0.167. The SMILES string of the molecule is COc1ccc(-c2nnc(NC(=O)CSCc3ccc(Br)cc3)s2)cc1. The Bertz CT molecular complexity index is 867. The van der Waals surface area contributed by atoms with Gasteiger partial charge < -0.3 is 4.74 Å². The van der Waals surface area contributed by atoms with Gasteiger partial charge in [0.2, 0.25) is 11.0 Å². The van der Waals surface area contributed by atoms with Crippen LogP contribution in [-0.2, 0) is 10.5 Å². The molecular formula is C18H16BrN3O2S2. The number of hydrogen-bond acceptors (Lipinski definition) is 6. The summed E-state index contributed by atoms with van der Waals surface area (Å²) in [7, 11) is 1.63. The Morgan fingerprint density at radius 1 is 1.15 bits per heavy atom. The van der Waals surface area contributed by atoms with E-state index in [1.165, 1.54) is 16.9 Å². The van der Waals surface area contributed by atoms with Crippen LogP contribution in [0.3, 0.4) is 0 Å². The molecule has 0 spiro atoms. The zero-order valence-electron chi connectivity index (χ0n) is 13.9. The summed E-state index contributed by atoms with van der Waals surface area (Å²) in [5.41, 5.74) is 2.12. The summed E-state index contributed by atoms with van der Waals surface area (Å²) in [6.07, 6.45) is 0. The number of nitrogens with zero attached hydrogens (tertiary/aromatic N) is 2. The Balaban J connectivity index is 1.50. The minimum Gasteiger partial charge on any atom is -0.497 e. The smallest absolute Gasteiger partial charge is 0.236 e. The van der Waals surface area contributed by atoms with Crippen LogP contribution in [-0.4, -0.2) is 29.0 Å². The van der Waals surface area contributed by atoms with E-state index in [-0.39, 0.29) is 5.91 Å².